The lowest BCUT2D eigenvalue weighted by atomic mass is 10.0. The van der Waals surface area contributed by atoms with Crippen molar-refractivity contribution in [3.63, 3.8) is 0 Å². The monoisotopic (exact) mass is 283 g/mol. The molecule has 0 fully saturated rings. The summed E-state index contributed by atoms with van der Waals surface area (Å²) in [5.74, 6) is -0.277. The van der Waals surface area contributed by atoms with Gasteiger partial charge in [-0.3, -0.25) is 4.79 Å². The first-order valence-electron chi connectivity index (χ1n) is 7.27. The molecule has 0 saturated heterocycles. The minimum atomic E-state index is -0.269. The zero-order chi connectivity index (χ0) is 14.8. The van der Waals surface area contributed by atoms with E-state index in [-0.39, 0.29) is 11.7 Å². The number of rotatable bonds is 1. The first-order valence-corrected chi connectivity index (χ1v) is 7.27. The van der Waals surface area contributed by atoms with Crippen LogP contribution in [0.2, 0.25) is 0 Å². The molecule has 21 heavy (non-hydrogen) atoms. The number of hydrogen-bond donors (Lipinski definition) is 0. The van der Waals surface area contributed by atoms with Crippen LogP contribution in [-0.4, -0.2) is 23.9 Å². The van der Waals surface area contributed by atoms with Gasteiger partial charge in [-0.25, -0.2) is 4.39 Å². The first kappa shape index (κ1) is 13.8. The van der Waals surface area contributed by atoms with Crippen LogP contribution in [0.3, 0.4) is 0 Å². The normalized spacial score (nSPS) is 14.5. The van der Waals surface area contributed by atoms with E-state index >= 15 is 0 Å². The Hall–Kier alpha value is -2.16. The highest BCUT2D eigenvalue weighted by Crippen LogP contribution is 2.18. The number of carbonyl (C=O) groups excluding carboxylic acids is 1. The third kappa shape index (κ3) is 2.82. The Kier molecular flexibility index (Phi) is 3.74. The minimum Gasteiger partial charge on any atom is -0.338 e. The van der Waals surface area contributed by atoms with E-state index in [1.807, 2.05) is 17.0 Å². The Morgan fingerprint density at radius 2 is 1.67 bits per heavy atom. The average molecular weight is 283 g/mol. The summed E-state index contributed by atoms with van der Waals surface area (Å²) in [5, 5.41) is 0. The summed E-state index contributed by atoms with van der Waals surface area (Å²) in [6.07, 6.45) is 1.75. The van der Waals surface area contributed by atoms with Gasteiger partial charge in [0.15, 0.2) is 0 Å². The van der Waals surface area contributed by atoms with Crippen molar-refractivity contribution in [3.05, 3.63) is 70.5 Å². The van der Waals surface area contributed by atoms with E-state index in [4.69, 9.17) is 0 Å². The van der Waals surface area contributed by atoms with Crippen molar-refractivity contribution < 1.29 is 9.18 Å². The van der Waals surface area contributed by atoms with Crippen molar-refractivity contribution >= 4 is 5.91 Å². The van der Waals surface area contributed by atoms with E-state index in [2.05, 4.69) is 12.1 Å². The minimum absolute atomic E-state index is 0.00842. The SMILES string of the molecule is Cc1cc(C(=O)N2CCc3ccccc3CC2)ccc1F. The maximum Gasteiger partial charge on any atom is 0.253 e. The predicted octanol–water partition coefficient (Wildman–Crippen LogP) is 3.38. The van der Waals surface area contributed by atoms with Gasteiger partial charge >= 0.3 is 0 Å². The van der Waals surface area contributed by atoms with Crippen molar-refractivity contribution in [1.29, 1.82) is 0 Å². The Balaban J connectivity index is 1.79. The second-order valence-corrected chi connectivity index (χ2v) is 5.52. The molecule has 0 saturated carbocycles. The molecule has 0 spiro atoms. The highest BCUT2D eigenvalue weighted by Gasteiger charge is 2.19. The second-order valence-electron chi connectivity index (χ2n) is 5.52. The highest BCUT2D eigenvalue weighted by molar-refractivity contribution is 5.94. The molecule has 3 rings (SSSR count). The summed E-state index contributed by atoms with van der Waals surface area (Å²) in [4.78, 5) is 14.4. The maximum atomic E-state index is 13.3. The van der Waals surface area contributed by atoms with Crippen LogP contribution in [0.5, 0.6) is 0 Å². The van der Waals surface area contributed by atoms with Gasteiger partial charge in [-0.1, -0.05) is 24.3 Å². The average Bonchev–Trinajstić information content (AvgIpc) is 2.72. The van der Waals surface area contributed by atoms with Crippen molar-refractivity contribution in [1.82, 2.24) is 4.90 Å². The Morgan fingerprint density at radius 1 is 1.05 bits per heavy atom. The molecule has 0 radical (unpaired) electrons. The van der Waals surface area contributed by atoms with Crippen molar-refractivity contribution in [3.8, 4) is 0 Å². The van der Waals surface area contributed by atoms with Gasteiger partial charge in [-0.05, 0) is 54.7 Å². The Morgan fingerprint density at radius 3 is 2.24 bits per heavy atom. The molecule has 2 aromatic carbocycles. The lowest BCUT2D eigenvalue weighted by molar-refractivity contribution is 0.0763. The molecular weight excluding hydrogens is 265 g/mol. The van der Waals surface area contributed by atoms with E-state index in [1.54, 1.807) is 19.1 Å². The molecule has 1 heterocycles. The Bertz CT molecular complexity index is 654. The first-order chi connectivity index (χ1) is 10.1. The van der Waals surface area contributed by atoms with Crippen LogP contribution in [0.4, 0.5) is 4.39 Å². The van der Waals surface area contributed by atoms with E-state index in [9.17, 15) is 9.18 Å². The number of aryl methyl sites for hydroxylation is 1. The number of halogens is 1. The van der Waals surface area contributed by atoms with Crippen molar-refractivity contribution in [2.24, 2.45) is 0 Å². The third-order valence-corrected chi connectivity index (χ3v) is 4.11. The summed E-state index contributed by atoms with van der Waals surface area (Å²) in [5.41, 5.74) is 3.73. The number of fused-ring (bicyclic) bond motifs is 1. The molecule has 0 aliphatic carbocycles. The molecule has 1 aliphatic heterocycles. The molecule has 0 unspecified atom stereocenters. The fourth-order valence-corrected chi connectivity index (χ4v) is 2.83. The highest BCUT2D eigenvalue weighted by atomic mass is 19.1. The molecule has 108 valence electrons. The quantitative estimate of drug-likeness (QED) is 0.785. The lowest BCUT2D eigenvalue weighted by Gasteiger charge is -2.20. The summed E-state index contributed by atoms with van der Waals surface area (Å²) in [6, 6.07) is 12.9. The number of nitrogens with zero attached hydrogens (tertiary/aromatic N) is 1. The summed E-state index contributed by atoms with van der Waals surface area (Å²) in [6.45, 7) is 3.11. The molecule has 2 aromatic rings. The standard InChI is InChI=1S/C18H18FNO/c1-13-12-16(6-7-17(13)19)18(21)20-10-8-14-4-2-3-5-15(14)9-11-20/h2-7,12H,8-11H2,1H3. The van der Waals surface area contributed by atoms with Crippen LogP contribution in [0.1, 0.15) is 27.0 Å². The molecular formula is C18H18FNO. The molecule has 0 N–H and O–H groups in total. The summed E-state index contributed by atoms with van der Waals surface area (Å²) >= 11 is 0. The largest absolute Gasteiger partial charge is 0.338 e. The molecule has 2 nitrogen and oxygen atoms in total. The number of benzene rings is 2. The summed E-state index contributed by atoms with van der Waals surface area (Å²) < 4.78 is 13.3. The number of amides is 1. The van der Waals surface area contributed by atoms with E-state index in [0.717, 1.165) is 12.8 Å². The van der Waals surface area contributed by atoms with Gasteiger partial charge in [0.2, 0.25) is 0 Å². The van der Waals surface area contributed by atoms with Gasteiger partial charge in [0.25, 0.3) is 5.91 Å². The van der Waals surface area contributed by atoms with Gasteiger partial charge in [0, 0.05) is 18.7 Å². The van der Waals surface area contributed by atoms with E-state index in [0.29, 0.717) is 24.2 Å². The smallest absolute Gasteiger partial charge is 0.253 e. The third-order valence-electron chi connectivity index (χ3n) is 4.11. The van der Waals surface area contributed by atoms with Gasteiger partial charge in [-0.15, -0.1) is 0 Å². The maximum absolute atomic E-state index is 13.3. The molecule has 1 amide bonds. The molecule has 0 aromatic heterocycles. The van der Waals surface area contributed by atoms with Crippen LogP contribution < -0.4 is 0 Å². The van der Waals surface area contributed by atoms with Crippen LogP contribution in [-0.2, 0) is 12.8 Å². The zero-order valence-electron chi connectivity index (χ0n) is 12.1. The topological polar surface area (TPSA) is 20.3 Å². The van der Waals surface area contributed by atoms with Crippen LogP contribution in [0, 0.1) is 12.7 Å². The van der Waals surface area contributed by atoms with E-state index < -0.39 is 0 Å². The summed E-state index contributed by atoms with van der Waals surface area (Å²) in [7, 11) is 0. The van der Waals surface area contributed by atoms with Gasteiger partial charge in [0.1, 0.15) is 5.82 Å². The molecule has 1 aliphatic rings. The molecule has 3 heteroatoms. The van der Waals surface area contributed by atoms with Gasteiger partial charge < -0.3 is 4.90 Å². The van der Waals surface area contributed by atoms with Crippen LogP contribution in [0.15, 0.2) is 42.5 Å². The second kappa shape index (κ2) is 5.68. The van der Waals surface area contributed by atoms with Gasteiger partial charge in [0.05, 0.1) is 0 Å². The Labute approximate surface area is 124 Å². The fourth-order valence-electron chi connectivity index (χ4n) is 2.83. The fraction of sp³-hybridized carbons (Fsp3) is 0.278. The van der Waals surface area contributed by atoms with Crippen LogP contribution in [0.25, 0.3) is 0 Å². The lowest BCUT2D eigenvalue weighted by Crippen LogP contribution is -2.33. The van der Waals surface area contributed by atoms with Gasteiger partial charge in [-0.2, -0.15) is 0 Å². The van der Waals surface area contributed by atoms with E-state index in [1.165, 1.54) is 17.2 Å². The predicted molar refractivity (Wildman–Crippen MR) is 80.9 cm³/mol. The number of hydrogen-bond acceptors (Lipinski definition) is 1. The molecule has 0 atom stereocenters. The molecule has 0 bridgehead atoms. The van der Waals surface area contributed by atoms with Crippen LogP contribution >= 0.6 is 0 Å². The zero-order valence-corrected chi connectivity index (χ0v) is 12.1. The van der Waals surface area contributed by atoms with Crippen molar-refractivity contribution in [2.45, 2.75) is 19.8 Å². The number of carbonyl (C=O) groups is 1. The van der Waals surface area contributed by atoms with Crippen molar-refractivity contribution in [2.75, 3.05) is 13.1 Å².